The number of hydrogen-bond donors (Lipinski definition) is 1. The summed E-state index contributed by atoms with van der Waals surface area (Å²) in [4.78, 5) is 14.7. The zero-order chi connectivity index (χ0) is 15.2. The van der Waals surface area contributed by atoms with Crippen molar-refractivity contribution in [1.82, 2.24) is 10.2 Å². The van der Waals surface area contributed by atoms with Crippen molar-refractivity contribution in [2.24, 2.45) is 5.92 Å². The van der Waals surface area contributed by atoms with Crippen LogP contribution in [0.2, 0.25) is 0 Å². The second-order valence-electron chi connectivity index (χ2n) is 6.48. The Kier molecular flexibility index (Phi) is 5.80. The van der Waals surface area contributed by atoms with Gasteiger partial charge in [0, 0.05) is 18.7 Å². The summed E-state index contributed by atoms with van der Waals surface area (Å²) in [5, 5.41) is 3.04. The van der Waals surface area contributed by atoms with Gasteiger partial charge < -0.3 is 10.2 Å². The first kappa shape index (κ1) is 16.0. The van der Waals surface area contributed by atoms with E-state index >= 15 is 0 Å². The molecule has 1 N–H and O–H groups in total. The summed E-state index contributed by atoms with van der Waals surface area (Å²) in [5.74, 6) is 0.878. The van der Waals surface area contributed by atoms with Crippen LogP contribution in [0.15, 0.2) is 18.2 Å². The number of rotatable bonds is 5. The predicted octanol–water partition coefficient (Wildman–Crippen LogP) is 3.16. The minimum absolute atomic E-state index is 0.0551. The summed E-state index contributed by atoms with van der Waals surface area (Å²) in [6.07, 6.45) is 3.71. The van der Waals surface area contributed by atoms with Crippen LogP contribution in [-0.4, -0.2) is 37.0 Å². The highest BCUT2D eigenvalue weighted by atomic mass is 16.1. The lowest BCUT2D eigenvalue weighted by Crippen LogP contribution is -2.36. The zero-order valence-corrected chi connectivity index (χ0v) is 13.6. The van der Waals surface area contributed by atoms with Crippen molar-refractivity contribution >= 4 is 5.91 Å². The van der Waals surface area contributed by atoms with Gasteiger partial charge in [0.05, 0.1) is 0 Å². The number of carbonyl (C=O) groups is 1. The Balaban J connectivity index is 1.72. The third-order valence-electron chi connectivity index (χ3n) is 4.30. The van der Waals surface area contributed by atoms with Crippen molar-refractivity contribution in [1.29, 1.82) is 0 Å². The molecule has 3 nitrogen and oxygen atoms in total. The van der Waals surface area contributed by atoms with Gasteiger partial charge in [-0.2, -0.15) is 0 Å². The van der Waals surface area contributed by atoms with Gasteiger partial charge in [0.2, 0.25) is 0 Å². The SMILES string of the molecule is Cc1ccc(C(=O)NCCCN2CCC[C@@H](C)C2)c(C)c1. The maximum absolute atomic E-state index is 12.2. The number of benzene rings is 1. The number of piperidine rings is 1. The van der Waals surface area contributed by atoms with Crippen LogP contribution < -0.4 is 5.32 Å². The summed E-state index contributed by atoms with van der Waals surface area (Å²) in [6, 6.07) is 5.98. The first-order valence-electron chi connectivity index (χ1n) is 8.14. The van der Waals surface area contributed by atoms with Gasteiger partial charge in [0.1, 0.15) is 0 Å². The summed E-state index contributed by atoms with van der Waals surface area (Å²) >= 11 is 0. The van der Waals surface area contributed by atoms with Crippen molar-refractivity contribution in [3.8, 4) is 0 Å². The monoisotopic (exact) mass is 288 g/mol. The van der Waals surface area contributed by atoms with Gasteiger partial charge in [-0.25, -0.2) is 0 Å². The first-order valence-corrected chi connectivity index (χ1v) is 8.14. The van der Waals surface area contributed by atoms with E-state index in [1.807, 2.05) is 26.0 Å². The number of carbonyl (C=O) groups excluding carboxylic acids is 1. The van der Waals surface area contributed by atoms with E-state index in [2.05, 4.69) is 23.2 Å². The lowest BCUT2D eigenvalue weighted by molar-refractivity contribution is 0.0949. The fraction of sp³-hybridized carbons (Fsp3) is 0.611. The van der Waals surface area contributed by atoms with E-state index < -0.39 is 0 Å². The minimum Gasteiger partial charge on any atom is -0.352 e. The van der Waals surface area contributed by atoms with Crippen LogP contribution in [0.4, 0.5) is 0 Å². The maximum Gasteiger partial charge on any atom is 0.251 e. The second kappa shape index (κ2) is 7.60. The molecule has 1 fully saturated rings. The number of nitrogens with zero attached hydrogens (tertiary/aromatic N) is 1. The van der Waals surface area contributed by atoms with Gasteiger partial charge >= 0.3 is 0 Å². The van der Waals surface area contributed by atoms with E-state index in [4.69, 9.17) is 0 Å². The highest BCUT2D eigenvalue weighted by Gasteiger charge is 2.15. The molecular weight excluding hydrogens is 260 g/mol. The molecule has 0 radical (unpaired) electrons. The molecule has 1 aromatic rings. The number of amides is 1. The molecule has 0 bridgehead atoms. The van der Waals surface area contributed by atoms with Gasteiger partial charge in [-0.05, 0) is 63.7 Å². The Morgan fingerprint density at radius 3 is 2.90 bits per heavy atom. The van der Waals surface area contributed by atoms with E-state index in [0.29, 0.717) is 0 Å². The van der Waals surface area contributed by atoms with Crippen LogP contribution in [-0.2, 0) is 0 Å². The average molecular weight is 288 g/mol. The Morgan fingerprint density at radius 1 is 1.38 bits per heavy atom. The molecule has 21 heavy (non-hydrogen) atoms. The standard InChI is InChI=1S/C18H28N2O/c1-14-7-8-17(16(3)12-14)18(21)19-9-5-11-20-10-4-6-15(2)13-20/h7-8,12,15H,4-6,9-11,13H2,1-3H3,(H,19,21)/t15-/m1/s1. The van der Waals surface area contributed by atoms with E-state index in [9.17, 15) is 4.79 Å². The van der Waals surface area contributed by atoms with Gasteiger partial charge in [0.25, 0.3) is 5.91 Å². The van der Waals surface area contributed by atoms with Crippen molar-refractivity contribution in [2.75, 3.05) is 26.2 Å². The fourth-order valence-electron chi connectivity index (χ4n) is 3.16. The fourth-order valence-corrected chi connectivity index (χ4v) is 3.16. The summed E-state index contributed by atoms with van der Waals surface area (Å²) in [7, 11) is 0. The summed E-state index contributed by atoms with van der Waals surface area (Å²) < 4.78 is 0. The maximum atomic E-state index is 12.2. The van der Waals surface area contributed by atoms with E-state index in [1.54, 1.807) is 0 Å². The molecule has 1 aliphatic rings. The lowest BCUT2D eigenvalue weighted by Gasteiger charge is -2.30. The number of hydrogen-bond acceptors (Lipinski definition) is 2. The van der Waals surface area contributed by atoms with Crippen LogP contribution in [0.5, 0.6) is 0 Å². The van der Waals surface area contributed by atoms with Crippen molar-refractivity contribution in [3.63, 3.8) is 0 Å². The Labute approximate surface area is 128 Å². The van der Waals surface area contributed by atoms with Gasteiger partial charge in [0.15, 0.2) is 0 Å². The van der Waals surface area contributed by atoms with E-state index in [-0.39, 0.29) is 5.91 Å². The first-order chi connectivity index (χ1) is 10.1. The highest BCUT2D eigenvalue weighted by Crippen LogP contribution is 2.15. The number of likely N-dealkylation sites (tertiary alicyclic amines) is 1. The summed E-state index contributed by atoms with van der Waals surface area (Å²) in [5.41, 5.74) is 3.05. The highest BCUT2D eigenvalue weighted by molar-refractivity contribution is 5.95. The Morgan fingerprint density at radius 2 is 2.19 bits per heavy atom. The molecule has 0 saturated carbocycles. The van der Waals surface area contributed by atoms with Crippen molar-refractivity contribution < 1.29 is 4.79 Å². The molecule has 0 aliphatic carbocycles. The molecule has 1 aromatic carbocycles. The largest absolute Gasteiger partial charge is 0.352 e. The predicted molar refractivity (Wildman–Crippen MR) is 87.7 cm³/mol. The molecule has 1 heterocycles. The molecule has 0 unspecified atom stereocenters. The van der Waals surface area contributed by atoms with Crippen LogP contribution >= 0.6 is 0 Å². The molecule has 1 amide bonds. The third kappa shape index (κ3) is 4.85. The zero-order valence-electron chi connectivity index (χ0n) is 13.6. The molecular formula is C18H28N2O. The molecule has 0 aromatic heterocycles. The van der Waals surface area contributed by atoms with E-state index in [1.165, 1.54) is 31.5 Å². The normalized spacial score (nSPS) is 19.5. The van der Waals surface area contributed by atoms with Gasteiger partial charge in [-0.15, -0.1) is 0 Å². The molecule has 1 aliphatic heterocycles. The van der Waals surface area contributed by atoms with Crippen LogP contribution in [0.1, 0.15) is 47.7 Å². The Bertz CT molecular complexity index is 484. The second-order valence-corrected chi connectivity index (χ2v) is 6.48. The quantitative estimate of drug-likeness (QED) is 0.844. The minimum atomic E-state index is 0.0551. The molecule has 2 rings (SSSR count). The van der Waals surface area contributed by atoms with Gasteiger partial charge in [-0.3, -0.25) is 4.79 Å². The lowest BCUT2D eigenvalue weighted by atomic mass is 10.0. The smallest absolute Gasteiger partial charge is 0.251 e. The summed E-state index contributed by atoms with van der Waals surface area (Å²) in [6.45, 7) is 10.7. The van der Waals surface area contributed by atoms with Crippen LogP contribution in [0.3, 0.4) is 0 Å². The third-order valence-corrected chi connectivity index (χ3v) is 4.30. The average Bonchev–Trinajstić information content (AvgIpc) is 2.43. The van der Waals surface area contributed by atoms with Crippen molar-refractivity contribution in [2.45, 2.75) is 40.0 Å². The molecule has 1 atom stereocenters. The van der Waals surface area contributed by atoms with Gasteiger partial charge in [-0.1, -0.05) is 24.6 Å². The number of nitrogens with one attached hydrogen (secondary N) is 1. The van der Waals surface area contributed by atoms with Crippen molar-refractivity contribution in [3.05, 3.63) is 34.9 Å². The Hall–Kier alpha value is -1.35. The molecule has 1 saturated heterocycles. The van der Waals surface area contributed by atoms with Crippen LogP contribution in [0.25, 0.3) is 0 Å². The molecule has 116 valence electrons. The topological polar surface area (TPSA) is 32.3 Å². The molecule has 3 heteroatoms. The number of aryl methyl sites for hydroxylation is 2. The molecule has 0 spiro atoms. The van der Waals surface area contributed by atoms with Crippen LogP contribution in [0, 0.1) is 19.8 Å². The van der Waals surface area contributed by atoms with E-state index in [0.717, 1.165) is 36.6 Å².